The number of rotatable bonds is 6. The van der Waals surface area contributed by atoms with E-state index in [1.807, 2.05) is 34.6 Å². The molecule has 0 saturated carbocycles. The van der Waals surface area contributed by atoms with Crippen molar-refractivity contribution in [2.75, 3.05) is 0 Å². The van der Waals surface area contributed by atoms with Crippen LogP contribution in [0.1, 0.15) is 74.7 Å². The summed E-state index contributed by atoms with van der Waals surface area (Å²) in [4.78, 5) is 23.4. The van der Waals surface area contributed by atoms with Gasteiger partial charge in [-0.25, -0.2) is 0 Å². The number of carbonyl (C=O) groups is 2. The van der Waals surface area contributed by atoms with Gasteiger partial charge < -0.3 is 5.32 Å². The van der Waals surface area contributed by atoms with Crippen LogP contribution in [0, 0.1) is 11.3 Å². The molecule has 0 aliphatic rings. The van der Waals surface area contributed by atoms with E-state index in [1.165, 1.54) is 6.92 Å². The smallest absolute Gasteiger partial charge is 0.220 e. The molecule has 3 nitrogen and oxygen atoms in total. The zero-order valence-corrected chi connectivity index (χ0v) is 14.1. The first kappa shape index (κ1) is 20.5. The number of ketones is 1. The van der Waals surface area contributed by atoms with Crippen molar-refractivity contribution in [1.29, 1.82) is 0 Å². The fourth-order valence-corrected chi connectivity index (χ4v) is 1.99. The van der Waals surface area contributed by atoms with Crippen molar-refractivity contribution < 1.29 is 9.59 Å². The van der Waals surface area contributed by atoms with Crippen molar-refractivity contribution in [2.24, 2.45) is 11.3 Å². The lowest BCUT2D eigenvalue weighted by molar-refractivity contribution is -0.129. The lowest BCUT2D eigenvalue weighted by Gasteiger charge is -2.29. The summed E-state index contributed by atoms with van der Waals surface area (Å²) in [6.07, 6.45) is 2.53. The molecule has 0 bridgehead atoms. The van der Waals surface area contributed by atoms with Gasteiger partial charge in [0.25, 0.3) is 0 Å². The van der Waals surface area contributed by atoms with Crippen molar-refractivity contribution in [3.05, 3.63) is 0 Å². The highest BCUT2D eigenvalue weighted by Gasteiger charge is 2.30. The van der Waals surface area contributed by atoms with Crippen molar-refractivity contribution in [2.45, 2.75) is 80.7 Å². The molecule has 0 heterocycles. The van der Waals surface area contributed by atoms with Crippen LogP contribution in [0.3, 0.4) is 0 Å². The Morgan fingerprint density at radius 3 is 1.74 bits per heavy atom. The van der Waals surface area contributed by atoms with Gasteiger partial charge in [0.1, 0.15) is 0 Å². The Kier molecular flexibility index (Phi) is 10.8. The topological polar surface area (TPSA) is 46.2 Å². The van der Waals surface area contributed by atoms with Gasteiger partial charge in [-0.05, 0) is 18.3 Å². The highest BCUT2D eigenvalue weighted by Crippen LogP contribution is 2.21. The Morgan fingerprint density at radius 1 is 1.05 bits per heavy atom. The van der Waals surface area contributed by atoms with Gasteiger partial charge in [0.15, 0.2) is 5.78 Å². The number of hydrogen-bond acceptors (Lipinski definition) is 2. The van der Waals surface area contributed by atoms with Gasteiger partial charge in [-0.15, -0.1) is 0 Å². The van der Waals surface area contributed by atoms with Crippen LogP contribution in [0.25, 0.3) is 0 Å². The summed E-state index contributed by atoms with van der Waals surface area (Å²) in [7, 11) is 0. The Balaban J connectivity index is 0. The number of carbonyl (C=O) groups excluding carboxylic acids is 2. The molecule has 1 atom stereocenters. The van der Waals surface area contributed by atoms with Crippen LogP contribution in [0.2, 0.25) is 0 Å². The molecule has 1 N–H and O–H groups in total. The molecule has 3 heteroatoms. The number of hydrogen-bond donors (Lipinski definition) is 1. The van der Waals surface area contributed by atoms with Crippen LogP contribution in [-0.4, -0.2) is 17.7 Å². The zero-order valence-electron chi connectivity index (χ0n) is 14.1. The minimum Gasteiger partial charge on any atom is -0.346 e. The average Bonchev–Trinajstić information content (AvgIpc) is 2.33. The number of nitrogens with one attached hydrogen (secondary N) is 1. The lowest BCUT2D eigenvalue weighted by atomic mass is 9.84. The molecule has 0 aliphatic carbocycles. The van der Waals surface area contributed by atoms with Crippen LogP contribution in [-0.2, 0) is 9.59 Å². The fraction of sp³-hybridized carbons (Fsp3) is 0.875. The van der Waals surface area contributed by atoms with Gasteiger partial charge in [0, 0.05) is 6.42 Å². The van der Waals surface area contributed by atoms with Gasteiger partial charge in [-0.1, -0.05) is 61.3 Å². The van der Waals surface area contributed by atoms with E-state index < -0.39 is 0 Å². The van der Waals surface area contributed by atoms with Gasteiger partial charge in [0.05, 0.1) is 6.04 Å². The average molecular weight is 271 g/mol. The quantitative estimate of drug-likeness (QED) is 0.795. The van der Waals surface area contributed by atoms with E-state index in [4.69, 9.17) is 0 Å². The van der Waals surface area contributed by atoms with E-state index in [0.717, 1.165) is 12.8 Å². The number of Topliss-reactive ketones (excluding diaryl/α,β-unsaturated/α-hetero) is 1. The Hall–Kier alpha value is -0.860. The molecule has 0 aliphatic heterocycles. The van der Waals surface area contributed by atoms with E-state index in [0.29, 0.717) is 12.3 Å². The molecule has 0 aromatic rings. The molecule has 0 spiro atoms. The van der Waals surface area contributed by atoms with E-state index >= 15 is 0 Å². The molecule has 0 saturated heterocycles. The van der Waals surface area contributed by atoms with E-state index in [-0.39, 0.29) is 23.1 Å². The zero-order chi connectivity index (χ0) is 15.6. The second-order valence-electron chi connectivity index (χ2n) is 5.86. The molecule has 19 heavy (non-hydrogen) atoms. The van der Waals surface area contributed by atoms with Crippen LogP contribution in [0.4, 0.5) is 0 Å². The largest absolute Gasteiger partial charge is 0.346 e. The summed E-state index contributed by atoms with van der Waals surface area (Å²) in [6.45, 7) is 15.6. The molecule has 1 unspecified atom stereocenters. The maximum atomic E-state index is 11.9. The first-order valence-corrected chi connectivity index (χ1v) is 7.52. The molecular weight excluding hydrogens is 238 g/mol. The van der Waals surface area contributed by atoms with Gasteiger partial charge in [-0.3, -0.25) is 9.59 Å². The normalized spacial score (nSPS) is 12.5. The fourth-order valence-electron chi connectivity index (χ4n) is 1.99. The van der Waals surface area contributed by atoms with Crippen LogP contribution in [0.15, 0.2) is 0 Å². The minimum absolute atomic E-state index is 0.00572. The van der Waals surface area contributed by atoms with Crippen molar-refractivity contribution >= 4 is 11.7 Å². The molecule has 0 radical (unpaired) electrons. The first-order valence-electron chi connectivity index (χ1n) is 7.52. The van der Waals surface area contributed by atoms with Crippen molar-refractivity contribution in [3.8, 4) is 0 Å². The third kappa shape index (κ3) is 8.79. The molecular formula is C16H33NO2. The van der Waals surface area contributed by atoms with Crippen LogP contribution < -0.4 is 5.32 Å². The second-order valence-corrected chi connectivity index (χ2v) is 5.86. The predicted molar refractivity (Wildman–Crippen MR) is 82.1 cm³/mol. The van der Waals surface area contributed by atoms with Gasteiger partial charge in [-0.2, -0.15) is 0 Å². The van der Waals surface area contributed by atoms with Crippen LogP contribution in [0.5, 0.6) is 0 Å². The summed E-state index contributed by atoms with van der Waals surface area (Å²) in [5.41, 5.74) is -0.227. The maximum absolute atomic E-state index is 11.9. The predicted octanol–water partition coefficient (Wildman–Crippen LogP) is 3.96. The van der Waals surface area contributed by atoms with Gasteiger partial charge in [0.2, 0.25) is 5.91 Å². The summed E-state index contributed by atoms with van der Waals surface area (Å²) < 4.78 is 0. The van der Waals surface area contributed by atoms with E-state index in [9.17, 15) is 9.59 Å². The van der Waals surface area contributed by atoms with E-state index in [1.54, 1.807) is 0 Å². The number of amides is 1. The van der Waals surface area contributed by atoms with Gasteiger partial charge >= 0.3 is 0 Å². The Bertz CT molecular complexity index is 262. The SMILES string of the molecule is CC.CCC(CC)CC(=O)NC(C(C)=O)C(C)(C)C. The second kappa shape index (κ2) is 9.99. The third-order valence-electron chi connectivity index (χ3n) is 3.21. The highest BCUT2D eigenvalue weighted by atomic mass is 16.2. The Morgan fingerprint density at radius 2 is 1.47 bits per heavy atom. The summed E-state index contributed by atoms with van der Waals surface area (Å²) >= 11 is 0. The molecule has 0 fully saturated rings. The molecule has 0 aromatic heterocycles. The molecule has 1 amide bonds. The van der Waals surface area contributed by atoms with E-state index in [2.05, 4.69) is 19.2 Å². The third-order valence-corrected chi connectivity index (χ3v) is 3.21. The summed E-state index contributed by atoms with van der Waals surface area (Å²) in [5, 5.41) is 2.87. The molecule has 0 aromatic carbocycles. The Labute approximate surface area is 119 Å². The first-order chi connectivity index (χ1) is 8.72. The maximum Gasteiger partial charge on any atom is 0.220 e. The molecule has 114 valence electrons. The highest BCUT2D eigenvalue weighted by molar-refractivity contribution is 5.88. The minimum atomic E-state index is -0.385. The standard InChI is InChI=1S/C14H27NO2.C2H6/c1-7-11(8-2)9-12(17)15-13(10(3)16)14(4,5)6;1-2/h11,13H,7-9H2,1-6H3,(H,15,17);1-2H3. The van der Waals surface area contributed by atoms with Crippen molar-refractivity contribution in [1.82, 2.24) is 5.32 Å². The lowest BCUT2D eigenvalue weighted by Crippen LogP contribution is -2.48. The monoisotopic (exact) mass is 271 g/mol. The van der Waals surface area contributed by atoms with Crippen molar-refractivity contribution in [3.63, 3.8) is 0 Å². The summed E-state index contributed by atoms with van der Waals surface area (Å²) in [5.74, 6) is 0.437. The van der Waals surface area contributed by atoms with Crippen LogP contribution >= 0.6 is 0 Å². The summed E-state index contributed by atoms with van der Waals surface area (Å²) in [6, 6.07) is -0.385. The molecule has 0 rings (SSSR count).